The minimum atomic E-state index is -0.551. The number of aromatic nitrogens is 2. The maximum absolute atomic E-state index is 13.5. The molecule has 0 saturated carbocycles. The van der Waals surface area contributed by atoms with E-state index in [1.165, 1.54) is 0 Å². The van der Waals surface area contributed by atoms with Gasteiger partial charge in [0.15, 0.2) is 17.5 Å². The highest BCUT2D eigenvalue weighted by Crippen LogP contribution is 2.21. The Kier molecular flexibility index (Phi) is 3.21. The molecule has 3 N–H and O–H groups in total. The van der Waals surface area contributed by atoms with Crippen molar-refractivity contribution in [2.45, 2.75) is 6.92 Å². The summed E-state index contributed by atoms with van der Waals surface area (Å²) in [6.07, 6.45) is 0. The first-order valence-corrected chi connectivity index (χ1v) is 5.26. The lowest BCUT2D eigenvalue weighted by atomic mass is 10.2. The first-order chi connectivity index (χ1) is 8.11. The highest BCUT2D eigenvalue weighted by molar-refractivity contribution is 6.30. The van der Waals surface area contributed by atoms with Gasteiger partial charge < -0.3 is 5.43 Å². The van der Waals surface area contributed by atoms with Crippen molar-refractivity contribution in [3.8, 4) is 11.4 Å². The van der Waals surface area contributed by atoms with Crippen LogP contribution >= 0.6 is 11.6 Å². The van der Waals surface area contributed by atoms with E-state index in [-0.39, 0.29) is 11.5 Å². The molecule has 1 aromatic carbocycles. The zero-order valence-electron chi connectivity index (χ0n) is 9.04. The Morgan fingerprint density at radius 2 is 1.88 bits per heavy atom. The van der Waals surface area contributed by atoms with Crippen LogP contribution < -0.4 is 11.3 Å². The molecule has 0 atom stereocenters. The van der Waals surface area contributed by atoms with E-state index in [1.807, 2.05) is 0 Å². The lowest BCUT2D eigenvalue weighted by Gasteiger charge is -2.07. The number of hydrogen-bond acceptors (Lipinski definition) is 4. The van der Waals surface area contributed by atoms with Gasteiger partial charge in [-0.1, -0.05) is 11.6 Å². The summed E-state index contributed by atoms with van der Waals surface area (Å²) in [5, 5.41) is 0.616. The van der Waals surface area contributed by atoms with E-state index in [9.17, 15) is 4.39 Å². The van der Waals surface area contributed by atoms with Gasteiger partial charge in [0.1, 0.15) is 0 Å². The third-order valence-electron chi connectivity index (χ3n) is 2.26. The van der Waals surface area contributed by atoms with Crippen molar-refractivity contribution in [3.63, 3.8) is 0 Å². The van der Waals surface area contributed by atoms with E-state index in [4.69, 9.17) is 17.4 Å². The second-order valence-corrected chi connectivity index (χ2v) is 3.88. The fourth-order valence-electron chi connectivity index (χ4n) is 1.38. The van der Waals surface area contributed by atoms with Gasteiger partial charge in [0.2, 0.25) is 0 Å². The summed E-state index contributed by atoms with van der Waals surface area (Å²) in [6.45, 7) is 1.55. The van der Waals surface area contributed by atoms with E-state index >= 15 is 0 Å². The molecule has 2 aromatic rings. The smallest absolute Gasteiger partial charge is 0.187 e. The Hall–Kier alpha value is -1.72. The number of aryl methyl sites for hydroxylation is 1. The third kappa shape index (κ3) is 2.35. The van der Waals surface area contributed by atoms with Crippen LogP contribution in [-0.2, 0) is 0 Å². The van der Waals surface area contributed by atoms with Crippen molar-refractivity contribution in [2.24, 2.45) is 5.84 Å². The van der Waals surface area contributed by atoms with Gasteiger partial charge in [0.25, 0.3) is 0 Å². The van der Waals surface area contributed by atoms with Crippen LogP contribution in [0.5, 0.6) is 0 Å². The molecule has 0 unspecified atom stereocenters. The fourth-order valence-corrected chi connectivity index (χ4v) is 1.51. The van der Waals surface area contributed by atoms with Crippen LogP contribution in [0.1, 0.15) is 5.69 Å². The van der Waals surface area contributed by atoms with Crippen LogP contribution in [0, 0.1) is 12.7 Å². The molecule has 4 nitrogen and oxygen atoms in total. The number of hydrazine groups is 1. The molecule has 0 spiro atoms. The highest BCUT2D eigenvalue weighted by atomic mass is 35.5. The Bertz CT molecular complexity index is 542. The van der Waals surface area contributed by atoms with E-state index in [1.54, 1.807) is 31.2 Å². The van der Waals surface area contributed by atoms with Crippen molar-refractivity contribution in [2.75, 3.05) is 5.43 Å². The molecule has 0 fully saturated rings. The number of rotatable bonds is 2. The number of nitrogens with one attached hydrogen (secondary N) is 1. The van der Waals surface area contributed by atoms with Gasteiger partial charge in [0.05, 0.1) is 5.69 Å². The largest absolute Gasteiger partial charge is 0.306 e. The normalized spacial score (nSPS) is 10.4. The molecule has 88 valence electrons. The maximum atomic E-state index is 13.5. The Morgan fingerprint density at radius 3 is 2.47 bits per heavy atom. The summed E-state index contributed by atoms with van der Waals surface area (Å²) >= 11 is 5.78. The topological polar surface area (TPSA) is 63.8 Å². The van der Waals surface area contributed by atoms with Crippen LogP contribution in [0.25, 0.3) is 11.4 Å². The molecular weight excluding hydrogens is 243 g/mol. The molecule has 0 radical (unpaired) electrons. The summed E-state index contributed by atoms with van der Waals surface area (Å²) in [6, 6.07) is 6.95. The third-order valence-corrected chi connectivity index (χ3v) is 2.51. The molecule has 1 heterocycles. The van der Waals surface area contributed by atoms with Crippen molar-refractivity contribution in [3.05, 3.63) is 40.8 Å². The van der Waals surface area contributed by atoms with E-state index in [0.29, 0.717) is 10.8 Å². The molecule has 2 rings (SSSR count). The van der Waals surface area contributed by atoms with Gasteiger partial charge in [-0.3, -0.25) is 0 Å². The minimum absolute atomic E-state index is 0.0255. The highest BCUT2D eigenvalue weighted by Gasteiger charge is 2.11. The summed E-state index contributed by atoms with van der Waals surface area (Å²) in [5.41, 5.74) is 3.18. The van der Waals surface area contributed by atoms with E-state index in [2.05, 4.69) is 15.4 Å². The molecule has 0 saturated heterocycles. The number of benzene rings is 1. The van der Waals surface area contributed by atoms with E-state index in [0.717, 1.165) is 5.56 Å². The van der Waals surface area contributed by atoms with E-state index < -0.39 is 5.82 Å². The Morgan fingerprint density at radius 1 is 1.24 bits per heavy atom. The van der Waals surface area contributed by atoms with Gasteiger partial charge in [-0.2, -0.15) is 0 Å². The predicted molar refractivity (Wildman–Crippen MR) is 65.0 cm³/mol. The van der Waals surface area contributed by atoms with Crippen LogP contribution in [0.15, 0.2) is 24.3 Å². The molecular formula is C11H10ClFN4. The van der Waals surface area contributed by atoms with Crippen molar-refractivity contribution < 1.29 is 4.39 Å². The quantitative estimate of drug-likeness (QED) is 0.637. The van der Waals surface area contributed by atoms with Gasteiger partial charge in [-0.25, -0.2) is 20.2 Å². The molecule has 17 heavy (non-hydrogen) atoms. The van der Waals surface area contributed by atoms with Gasteiger partial charge in [-0.15, -0.1) is 0 Å². The molecule has 0 aliphatic heterocycles. The fraction of sp³-hybridized carbons (Fsp3) is 0.0909. The standard InChI is InChI=1S/C11H10ClFN4/c1-6-9(13)11(17-14)16-10(15-6)7-2-4-8(12)5-3-7/h2-5H,14H2,1H3,(H,15,16,17). The van der Waals surface area contributed by atoms with Crippen LogP contribution in [0.3, 0.4) is 0 Å². The predicted octanol–water partition coefficient (Wildman–Crippen LogP) is 2.53. The summed E-state index contributed by atoms with van der Waals surface area (Å²) in [7, 11) is 0. The number of nitrogens with two attached hydrogens (primary N) is 1. The molecule has 0 aliphatic carbocycles. The number of nitrogens with zero attached hydrogens (tertiary/aromatic N) is 2. The minimum Gasteiger partial charge on any atom is -0.306 e. The molecule has 6 heteroatoms. The Balaban J connectivity index is 2.52. The number of nitrogen functional groups attached to an aromatic ring is 1. The first-order valence-electron chi connectivity index (χ1n) is 4.88. The second kappa shape index (κ2) is 4.65. The average Bonchev–Trinajstić information content (AvgIpc) is 2.33. The number of hydrogen-bond donors (Lipinski definition) is 2. The second-order valence-electron chi connectivity index (χ2n) is 3.45. The van der Waals surface area contributed by atoms with Gasteiger partial charge >= 0.3 is 0 Å². The first kappa shape index (κ1) is 11.8. The maximum Gasteiger partial charge on any atom is 0.187 e. The molecule has 1 aromatic heterocycles. The molecule has 0 aliphatic rings. The monoisotopic (exact) mass is 252 g/mol. The van der Waals surface area contributed by atoms with Crippen molar-refractivity contribution in [1.29, 1.82) is 0 Å². The summed E-state index contributed by atoms with van der Waals surface area (Å²) in [4.78, 5) is 8.04. The zero-order valence-corrected chi connectivity index (χ0v) is 9.79. The Labute approximate surface area is 103 Å². The average molecular weight is 253 g/mol. The van der Waals surface area contributed by atoms with Gasteiger partial charge in [0, 0.05) is 10.6 Å². The lowest BCUT2D eigenvalue weighted by Crippen LogP contribution is -2.13. The van der Waals surface area contributed by atoms with Crippen LogP contribution in [-0.4, -0.2) is 9.97 Å². The number of halogens is 2. The molecule has 0 amide bonds. The number of anilines is 1. The summed E-state index contributed by atoms with van der Waals surface area (Å²) in [5.74, 6) is 5.01. The van der Waals surface area contributed by atoms with Crippen molar-refractivity contribution >= 4 is 17.4 Å². The van der Waals surface area contributed by atoms with Crippen LogP contribution in [0.4, 0.5) is 10.2 Å². The molecule has 0 bridgehead atoms. The van der Waals surface area contributed by atoms with Crippen molar-refractivity contribution in [1.82, 2.24) is 9.97 Å². The SMILES string of the molecule is Cc1nc(-c2ccc(Cl)cc2)nc(NN)c1F. The van der Waals surface area contributed by atoms with Crippen LogP contribution in [0.2, 0.25) is 5.02 Å². The summed E-state index contributed by atoms with van der Waals surface area (Å²) < 4.78 is 13.5. The lowest BCUT2D eigenvalue weighted by molar-refractivity contribution is 0.606. The van der Waals surface area contributed by atoms with Gasteiger partial charge in [-0.05, 0) is 31.2 Å². The zero-order chi connectivity index (χ0) is 12.4.